The molecule has 0 amide bonds. The lowest BCUT2D eigenvalue weighted by atomic mass is 10.1. The highest BCUT2D eigenvalue weighted by atomic mass is 32.1. The van der Waals surface area contributed by atoms with Crippen molar-refractivity contribution in [3.05, 3.63) is 83.9 Å². The minimum absolute atomic E-state index is 0.587. The second-order valence-corrected chi connectivity index (χ2v) is 6.51. The Morgan fingerprint density at radius 1 is 0.826 bits per heavy atom. The molecule has 0 spiro atoms. The maximum atomic E-state index is 6.12. The number of hydrogen-bond donors (Lipinski definition) is 1. The number of thiophene rings is 1. The molecule has 3 aromatic carbocycles. The van der Waals surface area contributed by atoms with E-state index in [4.69, 9.17) is 5.73 Å². The van der Waals surface area contributed by atoms with Crippen LogP contribution in [0, 0.1) is 0 Å². The summed E-state index contributed by atoms with van der Waals surface area (Å²) >= 11 is 1.83. The van der Waals surface area contributed by atoms with Crippen LogP contribution in [-0.4, -0.2) is 5.84 Å². The molecular formula is C20H16N2S. The van der Waals surface area contributed by atoms with Crippen LogP contribution in [0.15, 0.2) is 77.8 Å². The number of nitrogens with two attached hydrogens (primary N) is 1. The fourth-order valence-electron chi connectivity index (χ4n) is 2.80. The van der Waals surface area contributed by atoms with Gasteiger partial charge in [-0.3, -0.25) is 4.99 Å². The van der Waals surface area contributed by atoms with Gasteiger partial charge >= 0.3 is 0 Å². The van der Waals surface area contributed by atoms with E-state index in [1.807, 2.05) is 41.7 Å². The van der Waals surface area contributed by atoms with E-state index in [2.05, 4.69) is 47.5 Å². The van der Waals surface area contributed by atoms with Gasteiger partial charge in [-0.25, -0.2) is 0 Å². The topological polar surface area (TPSA) is 38.4 Å². The van der Waals surface area contributed by atoms with Crippen LogP contribution in [-0.2, 0) is 6.54 Å². The van der Waals surface area contributed by atoms with Gasteiger partial charge < -0.3 is 5.73 Å². The van der Waals surface area contributed by atoms with Crippen LogP contribution in [0.2, 0.25) is 0 Å². The molecule has 0 radical (unpaired) electrons. The van der Waals surface area contributed by atoms with E-state index in [1.54, 1.807) is 0 Å². The molecule has 2 nitrogen and oxygen atoms in total. The van der Waals surface area contributed by atoms with Crippen LogP contribution in [0.5, 0.6) is 0 Å². The van der Waals surface area contributed by atoms with Crippen LogP contribution >= 0.6 is 11.3 Å². The Morgan fingerprint density at radius 3 is 2.43 bits per heavy atom. The lowest BCUT2D eigenvalue weighted by Gasteiger charge is -2.02. The molecule has 0 aliphatic heterocycles. The molecule has 4 aromatic rings. The Bertz CT molecular complexity index is 1000. The summed E-state index contributed by atoms with van der Waals surface area (Å²) < 4.78 is 2.62. The van der Waals surface area contributed by atoms with Crippen molar-refractivity contribution in [2.75, 3.05) is 0 Å². The van der Waals surface area contributed by atoms with E-state index in [1.165, 1.54) is 25.7 Å². The number of benzene rings is 3. The lowest BCUT2D eigenvalue weighted by Crippen LogP contribution is -2.13. The van der Waals surface area contributed by atoms with Crippen LogP contribution < -0.4 is 5.73 Å². The maximum absolute atomic E-state index is 6.12. The van der Waals surface area contributed by atoms with Crippen LogP contribution in [0.1, 0.15) is 11.1 Å². The number of aliphatic imine (C=N–C) groups is 1. The summed E-state index contributed by atoms with van der Waals surface area (Å²) in [7, 11) is 0. The Balaban J connectivity index is 1.75. The van der Waals surface area contributed by atoms with Gasteiger partial charge in [-0.15, -0.1) is 11.3 Å². The van der Waals surface area contributed by atoms with Gasteiger partial charge in [0.25, 0.3) is 0 Å². The average Bonchev–Trinajstić information content (AvgIpc) is 3.00. The van der Waals surface area contributed by atoms with Crippen molar-refractivity contribution in [2.45, 2.75) is 6.54 Å². The molecular weight excluding hydrogens is 300 g/mol. The van der Waals surface area contributed by atoms with Gasteiger partial charge in [0.05, 0.1) is 6.54 Å². The van der Waals surface area contributed by atoms with E-state index in [0.29, 0.717) is 12.4 Å². The molecule has 0 atom stereocenters. The van der Waals surface area contributed by atoms with Crippen molar-refractivity contribution in [1.82, 2.24) is 0 Å². The van der Waals surface area contributed by atoms with E-state index in [9.17, 15) is 0 Å². The van der Waals surface area contributed by atoms with Crippen molar-refractivity contribution in [3.8, 4) is 0 Å². The van der Waals surface area contributed by atoms with E-state index < -0.39 is 0 Å². The van der Waals surface area contributed by atoms with Crippen molar-refractivity contribution in [3.63, 3.8) is 0 Å². The Kier molecular flexibility index (Phi) is 3.56. The lowest BCUT2D eigenvalue weighted by molar-refractivity contribution is 1.08. The first-order valence-electron chi connectivity index (χ1n) is 7.57. The van der Waals surface area contributed by atoms with Gasteiger partial charge in [-0.1, -0.05) is 66.7 Å². The Labute approximate surface area is 138 Å². The third kappa shape index (κ3) is 2.60. The largest absolute Gasteiger partial charge is 0.383 e. The predicted octanol–water partition coefficient (Wildman–Crippen LogP) is 4.96. The smallest absolute Gasteiger partial charge is 0.125 e. The summed E-state index contributed by atoms with van der Waals surface area (Å²) in [5.74, 6) is 0.587. The number of rotatable bonds is 3. The molecule has 0 saturated heterocycles. The number of nitrogens with zero attached hydrogens (tertiary/aromatic N) is 1. The van der Waals surface area contributed by atoms with Gasteiger partial charge in [0.1, 0.15) is 5.84 Å². The highest BCUT2D eigenvalue weighted by Crippen LogP contribution is 2.35. The highest BCUT2D eigenvalue weighted by Gasteiger charge is 2.08. The molecule has 2 N–H and O–H groups in total. The fourth-order valence-corrected chi connectivity index (χ4v) is 4.01. The standard InChI is InChI=1S/C20H16N2S/c21-20(14-7-2-1-3-8-14)22-13-15-9-6-11-17-16-10-4-5-12-18(16)23-19(15)17/h1-12H,13H2,(H2,21,22). The van der Waals surface area contributed by atoms with Crippen molar-refractivity contribution >= 4 is 37.3 Å². The predicted molar refractivity (Wildman–Crippen MR) is 100 cm³/mol. The SMILES string of the molecule is N/C(=N\Cc1cccc2c1sc1ccccc12)c1ccccc1. The number of amidine groups is 1. The van der Waals surface area contributed by atoms with Crippen LogP contribution in [0.3, 0.4) is 0 Å². The molecule has 0 unspecified atom stereocenters. The van der Waals surface area contributed by atoms with Gasteiger partial charge in [-0.2, -0.15) is 0 Å². The first-order valence-corrected chi connectivity index (χ1v) is 8.39. The molecule has 4 rings (SSSR count). The van der Waals surface area contributed by atoms with Crippen molar-refractivity contribution < 1.29 is 0 Å². The van der Waals surface area contributed by atoms with Gasteiger partial charge in [0.2, 0.25) is 0 Å². The fraction of sp³-hybridized carbons (Fsp3) is 0.0500. The molecule has 1 aromatic heterocycles. The van der Waals surface area contributed by atoms with E-state index in [-0.39, 0.29) is 0 Å². The summed E-state index contributed by atoms with van der Waals surface area (Å²) in [6.07, 6.45) is 0. The molecule has 3 heteroatoms. The second-order valence-electron chi connectivity index (χ2n) is 5.46. The molecule has 112 valence electrons. The Morgan fingerprint density at radius 2 is 1.57 bits per heavy atom. The second kappa shape index (κ2) is 5.86. The van der Waals surface area contributed by atoms with Crippen LogP contribution in [0.25, 0.3) is 20.2 Å². The normalized spacial score (nSPS) is 12.1. The maximum Gasteiger partial charge on any atom is 0.125 e. The van der Waals surface area contributed by atoms with E-state index >= 15 is 0 Å². The third-order valence-corrected chi connectivity index (χ3v) is 5.24. The monoisotopic (exact) mass is 316 g/mol. The number of hydrogen-bond acceptors (Lipinski definition) is 2. The summed E-state index contributed by atoms with van der Waals surface area (Å²) in [4.78, 5) is 4.59. The van der Waals surface area contributed by atoms with Gasteiger partial charge in [-0.05, 0) is 11.6 Å². The third-order valence-electron chi connectivity index (χ3n) is 3.98. The minimum Gasteiger partial charge on any atom is -0.383 e. The van der Waals surface area contributed by atoms with Gasteiger partial charge in [0.15, 0.2) is 0 Å². The van der Waals surface area contributed by atoms with Crippen LogP contribution in [0.4, 0.5) is 0 Å². The van der Waals surface area contributed by atoms with E-state index in [0.717, 1.165) is 5.56 Å². The molecule has 0 aliphatic carbocycles. The first kappa shape index (κ1) is 14.0. The highest BCUT2D eigenvalue weighted by molar-refractivity contribution is 7.26. The first-order chi connectivity index (χ1) is 11.3. The zero-order valence-corrected chi connectivity index (χ0v) is 13.4. The molecule has 1 heterocycles. The molecule has 0 saturated carbocycles. The summed E-state index contributed by atoms with van der Waals surface area (Å²) in [5, 5.41) is 2.62. The summed E-state index contributed by atoms with van der Waals surface area (Å²) in [6, 6.07) is 24.9. The van der Waals surface area contributed by atoms with Gasteiger partial charge in [0, 0.05) is 25.7 Å². The molecule has 23 heavy (non-hydrogen) atoms. The van der Waals surface area contributed by atoms with Crippen molar-refractivity contribution in [1.29, 1.82) is 0 Å². The zero-order valence-electron chi connectivity index (χ0n) is 12.6. The molecule has 0 fully saturated rings. The average molecular weight is 316 g/mol. The van der Waals surface area contributed by atoms with Crippen molar-refractivity contribution in [2.24, 2.45) is 10.7 Å². The minimum atomic E-state index is 0.587. The zero-order chi connectivity index (χ0) is 15.6. The molecule has 0 bridgehead atoms. The molecule has 0 aliphatic rings. The quantitative estimate of drug-likeness (QED) is 0.421. The Hall–Kier alpha value is -2.65. The summed E-state index contributed by atoms with van der Waals surface area (Å²) in [6.45, 7) is 0.602. The number of fused-ring (bicyclic) bond motifs is 3. The summed E-state index contributed by atoms with van der Waals surface area (Å²) in [5.41, 5.74) is 8.31.